The number of carbonyl (C=O) groups excluding carboxylic acids is 1. The molecule has 2 aromatic rings. The van der Waals surface area contributed by atoms with Crippen molar-refractivity contribution in [2.75, 3.05) is 5.32 Å². The molecule has 0 saturated heterocycles. The van der Waals surface area contributed by atoms with Crippen LogP contribution in [0.15, 0.2) is 42.5 Å². The van der Waals surface area contributed by atoms with Gasteiger partial charge < -0.3 is 5.32 Å². The van der Waals surface area contributed by atoms with Crippen LogP contribution in [0.1, 0.15) is 40.9 Å². The minimum absolute atomic E-state index is 0.158. The summed E-state index contributed by atoms with van der Waals surface area (Å²) in [5.74, 6) is 0.435. The fourth-order valence-corrected chi connectivity index (χ4v) is 2.28. The molecule has 0 bridgehead atoms. The van der Waals surface area contributed by atoms with Gasteiger partial charge in [0.25, 0.3) is 5.91 Å². The molecule has 0 heterocycles. The van der Waals surface area contributed by atoms with E-state index in [1.54, 1.807) is 12.1 Å². The van der Waals surface area contributed by atoms with Crippen LogP contribution < -0.4 is 5.32 Å². The Hall–Kier alpha value is -2.60. The van der Waals surface area contributed by atoms with Crippen LogP contribution in [0.4, 0.5) is 5.69 Å². The number of nitriles is 1. The van der Waals surface area contributed by atoms with Crippen molar-refractivity contribution in [1.82, 2.24) is 0 Å². The Morgan fingerprint density at radius 2 is 1.86 bits per heavy atom. The van der Waals surface area contributed by atoms with Crippen molar-refractivity contribution in [3.63, 3.8) is 0 Å². The highest BCUT2D eigenvalue weighted by atomic mass is 16.1. The molecule has 0 aliphatic heterocycles. The number of hydrogen-bond donors (Lipinski definition) is 1. The van der Waals surface area contributed by atoms with Crippen molar-refractivity contribution in [2.45, 2.75) is 27.2 Å². The Bertz CT molecular complexity index is 709. The van der Waals surface area contributed by atoms with Crippen LogP contribution in [-0.4, -0.2) is 5.91 Å². The number of hydrogen-bond acceptors (Lipinski definition) is 2. The molecule has 22 heavy (non-hydrogen) atoms. The lowest BCUT2D eigenvalue weighted by molar-refractivity contribution is 0.102. The third-order valence-corrected chi connectivity index (χ3v) is 3.47. The SMILES string of the molecule is Cc1ccc(C#N)cc1NC(=O)c1ccc(CC(C)C)cc1. The molecule has 0 radical (unpaired) electrons. The van der Waals surface area contributed by atoms with E-state index in [-0.39, 0.29) is 5.91 Å². The zero-order chi connectivity index (χ0) is 16.1. The van der Waals surface area contributed by atoms with Gasteiger partial charge in [-0.05, 0) is 54.7 Å². The maximum Gasteiger partial charge on any atom is 0.255 e. The average Bonchev–Trinajstić information content (AvgIpc) is 2.49. The quantitative estimate of drug-likeness (QED) is 0.912. The van der Waals surface area contributed by atoms with Crippen molar-refractivity contribution < 1.29 is 4.79 Å². The predicted molar refractivity (Wildman–Crippen MR) is 88.8 cm³/mol. The van der Waals surface area contributed by atoms with Gasteiger partial charge in [-0.3, -0.25) is 4.79 Å². The summed E-state index contributed by atoms with van der Waals surface area (Å²) in [5.41, 5.74) is 4.00. The summed E-state index contributed by atoms with van der Waals surface area (Å²) in [6.07, 6.45) is 1.01. The van der Waals surface area contributed by atoms with Crippen LogP contribution >= 0.6 is 0 Å². The maximum atomic E-state index is 12.3. The fourth-order valence-electron chi connectivity index (χ4n) is 2.28. The second-order valence-electron chi connectivity index (χ2n) is 5.89. The van der Waals surface area contributed by atoms with Crippen molar-refractivity contribution in [3.8, 4) is 6.07 Å². The molecule has 112 valence electrons. The predicted octanol–water partition coefficient (Wildman–Crippen LogP) is 4.32. The van der Waals surface area contributed by atoms with Gasteiger partial charge >= 0.3 is 0 Å². The van der Waals surface area contributed by atoms with E-state index in [0.717, 1.165) is 12.0 Å². The summed E-state index contributed by atoms with van der Waals surface area (Å²) >= 11 is 0. The normalized spacial score (nSPS) is 10.3. The van der Waals surface area contributed by atoms with E-state index < -0.39 is 0 Å². The Morgan fingerprint density at radius 3 is 2.45 bits per heavy atom. The zero-order valence-corrected chi connectivity index (χ0v) is 13.2. The van der Waals surface area contributed by atoms with Gasteiger partial charge in [0.15, 0.2) is 0 Å². The van der Waals surface area contributed by atoms with Gasteiger partial charge in [0, 0.05) is 11.3 Å². The summed E-state index contributed by atoms with van der Waals surface area (Å²) in [7, 11) is 0. The standard InChI is InChI=1S/C19H20N2O/c1-13(2)10-15-6-8-17(9-7-15)19(22)21-18-11-16(12-20)5-4-14(18)3/h4-9,11,13H,10H2,1-3H3,(H,21,22). The smallest absolute Gasteiger partial charge is 0.255 e. The van der Waals surface area contributed by atoms with Crippen molar-refractivity contribution >= 4 is 11.6 Å². The monoisotopic (exact) mass is 292 g/mol. The molecule has 0 saturated carbocycles. The van der Waals surface area contributed by atoms with Crippen molar-refractivity contribution in [2.24, 2.45) is 5.92 Å². The van der Waals surface area contributed by atoms with E-state index in [2.05, 4.69) is 25.2 Å². The molecule has 0 aromatic heterocycles. The van der Waals surface area contributed by atoms with E-state index >= 15 is 0 Å². The Kier molecular flexibility index (Phi) is 4.95. The summed E-state index contributed by atoms with van der Waals surface area (Å²) in [5, 5.41) is 11.8. The highest BCUT2D eigenvalue weighted by molar-refractivity contribution is 6.04. The summed E-state index contributed by atoms with van der Waals surface area (Å²) in [4.78, 5) is 12.3. The average molecular weight is 292 g/mol. The lowest BCUT2D eigenvalue weighted by atomic mass is 10.0. The second-order valence-corrected chi connectivity index (χ2v) is 5.89. The van der Waals surface area contributed by atoms with Gasteiger partial charge in [-0.2, -0.15) is 5.26 Å². The van der Waals surface area contributed by atoms with Crippen LogP contribution in [0.2, 0.25) is 0 Å². The Balaban J connectivity index is 2.14. The number of nitrogens with zero attached hydrogens (tertiary/aromatic N) is 1. The molecule has 3 nitrogen and oxygen atoms in total. The molecule has 0 aliphatic rings. The molecule has 2 aromatic carbocycles. The van der Waals surface area contributed by atoms with E-state index in [0.29, 0.717) is 22.7 Å². The largest absolute Gasteiger partial charge is 0.322 e. The van der Waals surface area contributed by atoms with Crippen LogP contribution in [-0.2, 0) is 6.42 Å². The third-order valence-electron chi connectivity index (χ3n) is 3.47. The first-order chi connectivity index (χ1) is 10.5. The number of benzene rings is 2. The summed E-state index contributed by atoms with van der Waals surface area (Å²) in [6.45, 7) is 6.25. The summed E-state index contributed by atoms with van der Waals surface area (Å²) in [6, 6.07) is 15.0. The van der Waals surface area contributed by atoms with Crippen LogP contribution in [0.5, 0.6) is 0 Å². The number of aryl methyl sites for hydroxylation is 1. The number of carbonyl (C=O) groups is 1. The van der Waals surface area contributed by atoms with Gasteiger partial charge in [-0.15, -0.1) is 0 Å². The molecular formula is C19H20N2O. The highest BCUT2D eigenvalue weighted by Gasteiger charge is 2.09. The topological polar surface area (TPSA) is 52.9 Å². The van der Waals surface area contributed by atoms with Gasteiger partial charge in [-0.25, -0.2) is 0 Å². The lowest BCUT2D eigenvalue weighted by Crippen LogP contribution is -2.13. The zero-order valence-electron chi connectivity index (χ0n) is 13.2. The first-order valence-corrected chi connectivity index (χ1v) is 7.40. The van der Waals surface area contributed by atoms with Crippen LogP contribution in [0.3, 0.4) is 0 Å². The minimum atomic E-state index is -0.158. The molecule has 0 fully saturated rings. The van der Waals surface area contributed by atoms with Crippen molar-refractivity contribution in [3.05, 3.63) is 64.7 Å². The third kappa shape index (κ3) is 3.95. The number of rotatable bonds is 4. The van der Waals surface area contributed by atoms with E-state index in [9.17, 15) is 4.79 Å². The van der Waals surface area contributed by atoms with Crippen LogP contribution in [0, 0.1) is 24.2 Å². The maximum absolute atomic E-state index is 12.3. The van der Waals surface area contributed by atoms with E-state index in [4.69, 9.17) is 5.26 Å². The molecular weight excluding hydrogens is 272 g/mol. The van der Waals surface area contributed by atoms with E-state index in [1.165, 1.54) is 5.56 Å². The number of nitrogens with one attached hydrogen (secondary N) is 1. The molecule has 0 aliphatic carbocycles. The van der Waals surface area contributed by atoms with Gasteiger partial charge in [0.1, 0.15) is 0 Å². The van der Waals surface area contributed by atoms with E-state index in [1.807, 2.05) is 37.3 Å². The molecule has 1 amide bonds. The van der Waals surface area contributed by atoms with Gasteiger partial charge in [-0.1, -0.05) is 32.0 Å². The minimum Gasteiger partial charge on any atom is -0.322 e. The molecule has 1 N–H and O–H groups in total. The molecule has 3 heteroatoms. The van der Waals surface area contributed by atoms with Crippen molar-refractivity contribution in [1.29, 1.82) is 5.26 Å². The molecule has 0 unspecified atom stereocenters. The highest BCUT2D eigenvalue weighted by Crippen LogP contribution is 2.18. The molecule has 2 rings (SSSR count). The number of amides is 1. The summed E-state index contributed by atoms with van der Waals surface area (Å²) < 4.78 is 0. The first kappa shape index (κ1) is 15.8. The van der Waals surface area contributed by atoms with Gasteiger partial charge in [0.2, 0.25) is 0 Å². The Labute approximate surface area is 131 Å². The number of anilines is 1. The van der Waals surface area contributed by atoms with Crippen LogP contribution in [0.25, 0.3) is 0 Å². The van der Waals surface area contributed by atoms with Gasteiger partial charge in [0.05, 0.1) is 11.6 Å². The Morgan fingerprint density at radius 1 is 1.18 bits per heavy atom. The molecule has 0 spiro atoms. The second kappa shape index (κ2) is 6.91. The first-order valence-electron chi connectivity index (χ1n) is 7.40. The fraction of sp³-hybridized carbons (Fsp3) is 0.263. The molecule has 0 atom stereocenters. The lowest BCUT2D eigenvalue weighted by Gasteiger charge is -2.10.